The van der Waals surface area contributed by atoms with Crippen molar-refractivity contribution in [3.63, 3.8) is 0 Å². The van der Waals surface area contributed by atoms with Crippen LogP contribution < -0.4 is 11.1 Å². The Hall–Kier alpha value is -3.16. The molecule has 37 heavy (non-hydrogen) atoms. The molecular weight excluding hydrogens is 466 g/mol. The minimum atomic E-state index is -0.887. The van der Waals surface area contributed by atoms with Crippen molar-refractivity contribution in [3.05, 3.63) is 76.3 Å². The summed E-state index contributed by atoms with van der Waals surface area (Å²) in [6, 6.07) is 14.1. The van der Waals surface area contributed by atoms with Gasteiger partial charge in [0.1, 0.15) is 0 Å². The Morgan fingerprint density at radius 3 is 2.65 bits per heavy atom. The van der Waals surface area contributed by atoms with E-state index in [1.54, 1.807) is 10.6 Å². The lowest BCUT2D eigenvalue weighted by Crippen LogP contribution is -2.54. The summed E-state index contributed by atoms with van der Waals surface area (Å²) in [7, 11) is 0. The fraction of sp³-hybridized carbons (Fsp3) is 0.467. The molecular formula is C30H37N3O4. The Labute approximate surface area is 217 Å². The molecule has 1 aromatic heterocycles. The third kappa shape index (κ3) is 5.29. The first kappa shape index (κ1) is 25.5. The molecule has 0 radical (unpaired) electrons. The van der Waals surface area contributed by atoms with Gasteiger partial charge in [-0.1, -0.05) is 36.4 Å². The zero-order valence-corrected chi connectivity index (χ0v) is 21.8. The highest BCUT2D eigenvalue weighted by atomic mass is 16.4. The Morgan fingerprint density at radius 2 is 1.95 bits per heavy atom. The molecule has 2 N–H and O–H groups in total. The average molecular weight is 504 g/mol. The second kappa shape index (κ2) is 10.3. The number of carbonyl (C=O) groups is 1. The van der Waals surface area contributed by atoms with Crippen molar-refractivity contribution in [1.29, 1.82) is 0 Å². The zero-order chi connectivity index (χ0) is 26.2. The van der Waals surface area contributed by atoms with Crippen LogP contribution in [0.15, 0.2) is 58.3 Å². The number of nitrogens with one attached hydrogen (secondary N) is 1. The number of benzene rings is 2. The Morgan fingerprint density at radius 1 is 1.19 bits per heavy atom. The van der Waals surface area contributed by atoms with Crippen molar-refractivity contribution >= 4 is 22.6 Å². The topological polar surface area (TPSA) is 87.7 Å². The van der Waals surface area contributed by atoms with Gasteiger partial charge in [0.2, 0.25) is 0 Å². The summed E-state index contributed by atoms with van der Waals surface area (Å²) in [5, 5.41) is 14.6. The Kier molecular flexibility index (Phi) is 7.10. The van der Waals surface area contributed by atoms with E-state index in [1.165, 1.54) is 5.56 Å². The van der Waals surface area contributed by atoms with E-state index in [9.17, 15) is 14.7 Å². The molecule has 7 heteroatoms. The Bertz CT molecular complexity index is 1360. The van der Waals surface area contributed by atoms with Gasteiger partial charge in [0.25, 0.3) is 0 Å². The van der Waals surface area contributed by atoms with Crippen LogP contribution in [0.25, 0.3) is 16.8 Å². The second-order valence-corrected chi connectivity index (χ2v) is 10.8. The fourth-order valence-electron chi connectivity index (χ4n) is 5.96. The highest BCUT2D eigenvalue weighted by Crippen LogP contribution is 2.41. The molecule has 0 amide bonds. The van der Waals surface area contributed by atoms with Gasteiger partial charge in [0.15, 0.2) is 11.4 Å². The molecule has 1 aliphatic heterocycles. The summed E-state index contributed by atoms with van der Waals surface area (Å²) >= 11 is 0. The number of Topliss-reactive ketones (excluding diaryl/α,β-unsaturated/α-hetero) is 1. The SMILES string of the molecule is C=C(NCC(=O)CC1CN(C2CCC(O)(c3ccc4oc(=O)n(CC)c4c3)CC2)C1)c1cccc(C)c1. The summed E-state index contributed by atoms with van der Waals surface area (Å²) in [6.45, 7) is 10.8. The molecule has 3 aromatic rings. The quantitative estimate of drug-likeness (QED) is 0.455. The van der Waals surface area contributed by atoms with Gasteiger partial charge in [-0.15, -0.1) is 0 Å². The minimum absolute atomic E-state index is 0.219. The molecule has 7 nitrogen and oxygen atoms in total. The van der Waals surface area contributed by atoms with Gasteiger partial charge < -0.3 is 14.8 Å². The van der Waals surface area contributed by atoms with Gasteiger partial charge >= 0.3 is 5.76 Å². The van der Waals surface area contributed by atoms with Crippen molar-refractivity contribution in [1.82, 2.24) is 14.8 Å². The van der Waals surface area contributed by atoms with E-state index < -0.39 is 5.60 Å². The molecule has 0 bridgehead atoms. The summed E-state index contributed by atoms with van der Waals surface area (Å²) in [6.07, 6.45) is 3.79. The lowest BCUT2D eigenvalue weighted by Gasteiger charge is -2.48. The summed E-state index contributed by atoms with van der Waals surface area (Å²) in [4.78, 5) is 27.0. The molecule has 2 aliphatic rings. The van der Waals surface area contributed by atoms with E-state index in [0.717, 1.165) is 48.3 Å². The number of hydrogen-bond donors (Lipinski definition) is 2. The van der Waals surface area contributed by atoms with Crippen LogP contribution >= 0.6 is 0 Å². The van der Waals surface area contributed by atoms with Gasteiger partial charge in [0, 0.05) is 37.8 Å². The number of ketones is 1. The van der Waals surface area contributed by atoms with E-state index in [1.807, 2.05) is 44.2 Å². The number of likely N-dealkylation sites (tertiary alicyclic amines) is 1. The molecule has 2 heterocycles. The first-order valence-electron chi connectivity index (χ1n) is 13.4. The Balaban J connectivity index is 1.08. The maximum Gasteiger partial charge on any atom is 0.419 e. The third-order valence-corrected chi connectivity index (χ3v) is 8.19. The number of aromatic nitrogens is 1. The number of aryl methyl sites for hydroxylation is 2. The van der Waals surface area contributed by atoms with Crippen LogP contribution in [0.1, 0.15) is 55.7 Å². The largest absolute Gasteiger partial charge is 0.419 e. The predicted molar refractivity (Wildman–Crippen MR) is 145 cm³/mol. The average Bonchev–Trinajstić information content (AvgIpc) is 3.19. The third-order valence-electron chi connectivity index (χ3n) is 8.19. The molecule has 1 aliphatic carbocycles. The van der Waals surface area contributed by atoms with Crippen molar-refractivity contribution in [2.24, 2.45) is 5.92 Å². The van der Waals surface area contributed by atoms with Crippen LogP contribution in [-0.2, 0) is 16.9 Å². The molecule has 1 saturated heterocycles. The minimum Gasteiger partial charge on any atom is -0.408 e. The highest BCUT2D eigenvalue weighted by molar-refractivity contribution is 5.82. The number of nitrogens with zero attached hydrogens (tertiary/aromatic N) is 2. The lowest BCUT2D eigenvalue weighted by molar-refractivity contribution is -0.121. The van der Waals surface area contributed by atoms with Gasteiger partial charge in [0.05, 0.1) is 17.7 Å². The molecule has 1 saturated carbocycles. The van der Waals surface area contributed by atoms with Crippen LogP contribution in [0.5, 0.6) is 0 Å². The molecule has 2 aromatic carbocycles. The van der Waals surface area contributed by atoms with Crippen LogP contribution in [0.3, 0.4) is 0 Å². The number of fused-ring (bicyclic) bond motifs is 1. The molecule has 196 valence electrons. The maximum atomic E-state index is 12.5. The van der Waals surface area contributed by atoms with Crippen molar-refractivity contribution in [2.75, 3.05) is 19.6 Å². The molecule has 2 fully saturated rings. The summed E-state index contributed by atoms with van der Waals surface area (Å²) < 4.78 is 6.91. The van der Waals surface area contributed by atoms with Crippen LogP contribution in [-0.4, -0.2) is 46.0 Å². The van der Waals surface area contributed by atoms with Crippen LogP contribution in [0, 0.1) is 12.8 Å². The van der Waals surface area contributed by atoms with Crippen LogP contribution in [0.4, 0.5) is 0 Å². The van der Waals surface area contributed by atoms with Gasteiger partial charge in [-0.05, 0) is 74.8 Å². The summed E-state index contributed by atoms with van der Waals surface area (Å²) in [5.74, 6) is 0.261. The standard InChI is InChI=1S/C30H37N3O4/c1-4-33-27-16-24(8-9-28(27)37-29(33)35)30(36)12-10-25(11-13-30)32-18-22(19-32)15-26(34)17-31-21(3)23-7-5-6-20(2)14-23/h5-9,14,16,22,25,31,36H,3-4,10-13,15,17-19H2,1-2H3. The van der Waals surface area contributed by atoms with E-state index in [0.29, 0.717) is 49.9 Å². The van der Waals surface area contributed by atoms with Crippen molar-refractivity contribution in [2.45, 2.75) is 64.1 Å². The molecule has 5 rings (SSSR count). The number of rotatable bonds is 9. The van der Waals surface area contributed by atoms with Gasteiger partial charge in [-0.2, -0.15) is 0 Å². The normalized spacial score (nSPS) is 22.6. The molecule has 0 spiro atoms. The first-order valence-corrected chi connectivity index (χ1v) is 13.4. The van der Waals surface area contributed by atoms with Crippen molar-refractivity contribution < 1.29 is 14.3 Å². The lowest BCUT2D eigenvalue weighted by atomic mass is 9.76. The monoisotopic (exact) mass is 503 g/mol. The van der Waals surface area contributed by atoms with Gasteiger partial charge in [-0.3, -0.25) is 14.3 Å². The van der Waals surface area contributed by atoms with Gasteiger partial charge in [-0.25, -0.2) is 4.79 Å². The fourth-order valence-corrected chi connectivity index (χ4v) is 5.96. The first-order chi connectivity index (χ1) is 17.8. The highest BCUT2D eigenvalue weighted by Gasteiger charge is 2.40. The number of aliphatic hydroxyl groups is 1. The zero-order valence-electron chi connectivity index (χ0n) is 21.8. The van der Waals surface area contributed by atoms with E-state index in [-0.39, 0.29) is 11.5 Å². The molecule has 0 unspecified atom stereocenters. The van der Waals surface area contributed by atoms with E-state index in [4.69, 9.17) is 4.42 Å². The molecule has 0 atom stereocenters. The van der Waals surface area contributed by atoms with E-state index in [2.05, 4.69) is 22.9 Å². The van der Waals surface area contributed by atoms with Crippen molar-refractivity contribution in [3.8, 4) is 0 Å². The smallest absolute Gasteiger partial charge is 0.408 e. The van der Waals surface area contributed by atoms with Crippen LogP contribution in [0.2, 0.25) is 0 Å². The summed E-state index contributed by atoms with van der Waals surface area (Å²) in [5.41, 5.74) is 4.24. The second-order valence-electron chi connectivity index (χ2n) is 10.8. The number of oxazole rings is 1. The predicted octanol–water partition coefficient (Wildman–Crippen LogP) is 4.20. The van der Waals surface area contributed by atoms with E-state index >= 15 is 0 Å². The maximum absolute atomic E-state index is 12.5. The number of carbonyl (C=O) groups excluding carboxylic acids is 1. The number of hydrogen-bond acceptors (Lipinski definition) is 6.